The van der Waals surface area contributed by atoms with Gasteiger partial charge in [0, 0.05) is 32.5 Å². The molecule has 34 heavy (non-hydrogen) atoms. The van der Waals surface area contributed by atoms with E-state index in [0.717, 1.165) is 16.9 Å². The van der Waals surface area contributed by atoms with E-state index in [1.165, 1.54) is 4.68 Å². The molecule has 2 heterocycles. The van der Waals surface area contributed by atoms with Gasteiger partial charge in [-0.15, -0.1) is 5.10 Å². The van der Waals surface area contributed by atoms with Crippen molar-refractivity contribution in [1.82, 2.24) is 30.7 Å². The van der Waals surface area contributed by atoms with Gasteiger partial charge in [-0.1, -0.05) is 35.5 Å². The maximum Gasteiger partial charge on any atom is 0.293 e. The number of hydrogen-bond donors (Lipinski definition) is 2. The predicted octanol–water partition coefficient (Wildman–Crippen LogP) is 1.70. The molecule has 0 saturated carbocycles. The summed E-state index contributed by atoms with van der Waals surface area (Å²) in [4.78, 5) is 16.9. The Bertz CT molecular complexity index is 1280. The number of anilines is 3. The molecule has 1 amide bonds. The fourth-order valence-corrected chi connectivity index (χ4v) is 3.20. The van der Waals surface area contributed by atoms with E-state index in [9.17, 15) is 4.79 Å². The van der Waals surface area contributed by atoms with Crippen molar-refractivity contribution in [2.24, 2.45) is 5.10 Å². The highest BCUT2D eigenvalue weighted by molar-refractivity contribution is 5.94. The number of nitrogens with zero attached hydrogens (tertiary/aromatic N) is 8. The Hall–Kier alpha value is -4.74. The van der Waals surface area contributed by atoms with Crippen molar-refractivity contribution in [1.29, 1.82) is 0 Å². The molecule has 0 aliphatic rings. The van der Waals surface area contributed by atoms with Gasteiger partial charge in [0.2, 0.25) is 11.6 Å². The third-order valence-electron chi connectivity index (χ3n) is 5.05. The molecule has 12 heteroatoms. The number of carbonyl (C=O) groups excluding carboxylic acids is 1. The van der Waals surface area contributed by atoms with Crippen LogP contribution in [0.15, 0.2) is 64.3 Å². The van der Waals surface area contributed by atoms with Crippen molar-refractivity contribution in [2.45, 2.75) is 6.54 Å². The van der Waals surface area contributed by atoms with Gasteiger partial charge in [-0.05, 0) is 40.1 Å². The summed E-state index contributed by atoms with van der Waals surface area (Å²) in [6, 6.07) is 17.4. The monoisotopic (exact) mass is 460 g/mol. The molecule has 174 valence electrons. The molecule has 0 aliphatic heterocycles. The topological polar surface area (TPSA) is 144 Å². The fraction of sp³-hybridized carbons (Fsp3) is 0.182. The van der Waals surface area contributed by atoms with Crippen LogP contribution in [0.3, 0.4) is 0 Å². The minimum Gasteiger partial charge on any atom is -0.378 e. The van der Waals surface area contributed by atoms with Crippen LogP contribution in [0, 0.1) is 0 Å². The molecule has 4 rings (SSSR count). The lowest BCUT2D eigenvalue weighted by molar-refractivity contribution is 0.0949. The molecule has 0 aliphatic carbocycles. The zero-order chi connectivity index (χ0) is 24.1. The third-order valence-corrected chi connectivity index (χ3v) is 5.05. The van der Waals surface area contributed by atoms with Gasteiger partial charge in [-0.2, -0.15) is 9.78 Å². The molecule has 12 nitrogen and oxygen atoms in total. The van der Waals surface area contributed by atoms with Gasteiger partial charge in [-0.25, -0.2) is 10.1 Å². The van der Waals surface area contributed by atoms with Crippen LogP contribution in [-0.4, -0.2) is 58.6 Å². The number of amides is 1. The Labute approximate surface area is 195 Å². The minimum absolute atomic E-state index is 0.0275. The van der Waals surface area contributed by atoms with E-state index >= 15 is 0 Å². The number of aromatic nitrogens is 5. The number of hydrogen-bond acceptors (Lipinski definition) is 10. The summed E-state index contributed by atoms with van der Waals surface area (Å²) in [6.45, 7) is 0.280. The first-order valence-electron chi connectivity index (χ1n) is 10.3. The highest BCUT2D eigenvalue weighted by Gasteiger charge is 2.25. The van der Waals surface area contributed by atoms with E-state index in [1.807, 2.05) is 85.5 Å². The number of nitrogens with two attached hydrogens (primary N) is 1. The van der Waals surface area contributed by atoms with E-state index in [-0.39, 0.29) is 23.9 Å². The fourth-order valence-electron chi connectivity index (χ4n) is 3.20. The van der Waals surface area contributed by atoms with Crippen molar-refractivity contribution in [3.05, 3.63) is 71.5 Å². The maximum atomic E-state index is 12.9. The number of nitrogens with one attached hydrogen (secondary N) is 1. The maximum absolute atomic E-state index is 12.9. The molecule has 0 fully saturated rings. The summed E-state index contributed by atoms with van der Waals surface area (Å²) in [5.74, 6) is -0.356. The number of benzene rings is 2. The van der Waals surface area contributed by atoms with Crippen LogP contribution in [-0.2, 0) is 6.54 Å². The van der Waals surface area contributed by atoms with Crippen molar-refractivity contribution >= 4 is 29.3 Å². The lowest BCUT2D eigenvalue weighted by atomic mass is 10.2. The van der Waals surface area contributed by atoms with E-state index in [4.69, 9.17) is 10.4 Å². The van der Waals surface area contributed by atoms with Gasteiger partial charge in [-0.3, -0.25) is 4.79 Å². The Morgan fingerprint density at radius 1 is 1.09 bits per heavy atom. The Kier molecular flexibility index (Phi) is 6.48. The van der Waals surface area contributed by atoms with Crippen LogP contribution >= 0.6 is 0 Å². The molecule has 2 aromatic heterocycles. The third kappa shape index (κ3) is 4.85. The van der Waals surface area contributed by atoms with Gasteiger partial charge < -0.3 is 15.5 Å². The lowest BCUT2D eigenvalue weighted by Crippen LogP contribution is -2.24. The zero-order valence-corrected chi connectivity index (χ0v) is 19.0. The first-order valence-corrected chi connectivity index (χ1v) is 10.3. The summed E-state index contributed by atoms with van der Waals surface area (Å²) in [6.07, 6.45) is 1.55. The molecule has 2 aromatic carbocycles. The van der Waals surface area contributed by atoms with E-state index < -0.39 is 5.91 Å². The van der Waals surface area contributed by atoms with Crippen LogP contribution < -0.4 is 21.0 Å². The van der Waals surface area contributed by atoms with Crippen LogP contribution in [0.4, 0.5) is 17.2 Å². The first kappa shape index (κ1) is 22.5. The minimum atomic E-state index is -0.529. The number of nitrogen functional groups attached to an aromatic ring is 1. The van der Waals surface area contributed by atoms with Crippen LogP contribution in [0.25, 0.3) is 5.82 Å². The van der Waals surface area contributed by atoms with Gasteiger partial charge in [0.15, 0.2) is 5.69 Å². The second-order valence-electron chi connectivity index (χ2n) is 7.65. The zero-order valence-electron chi connectivity index (χ0n) is 19.0. The van der Waals surface area contributed by atoms with E-state index in [2.05, 4.69) is 31.2 Å². The van der Waals surface area contributed by atoms with Crippen LogP contribution in [0.2, 0.25) is 0 Å². The van der Waals surface area contributed by atoms with Crippen LogP contribution in [0.5, 0.6) is 0 Å². The normalized spacial score (nSPS) is 11.0. The molecule has 3 N–H and O–H groups in total. The molecule has 0 saturated heterocycles. The van der Waals surface area contributed by atoms with Crippen molar-refractivity contribution in [3.63, 3.8) is 0 Å². The molecular weight excluding hydrogens is 436 g/mol. The molecular formula is C22H24N10O2. The van der Waals surface area contributed by atoms with Crippen LogP contribution in [0.1, 0.15) is 21.7 Å². The summed E-state index contributed by atoms with van der Waals surface area (Å²) < 4.78 is 6.03. The largest absolute Gasteiger partial charge is 0.378 e. The number of rotatable bonds is 8. The number of hydrazone groups is 1. The quantitative estimate of drug-likeness (QED) is 0.296. The Balaban J connectivity index is 1.57. The number of para-hydroxylation sites is 1. The molecule has 0 unspecified atom stereocenters. The second-order valence-corrected chi connectivity index (χ2v) is 7.65. The lowest BCUT2D eigenvalue weighted by Gasteiger charge is -2.19. The first-order chi connectivity index (χ1) is 16.4. The van der Waals surface area contributed by atoms with Crippen molar-refractivity contribution in [2.75, 3.05) is 36.7 Å². The smallest absolute Gasteiger partial charge is 0.293 e. The standard InChI is InChI=1S/C22H24N10O2/c1-30(2)16-11-9-15(10-12-16)13-24-26-22(33)19-18(14-31(3)17-7-5-4-6-8-17)32(29-25-19)21-20(23)27-34-28-21/h4-13H,14H2,1-3H3,(H2,23,27)(H,26,33). The van der Waals surface area contributed by atoms with Crippen molar-refractivity contribution in [3.8, 4) is 5.82 Å². The van der Waals surface area contributed by atoms with Gasteiger partial charge in [0.1, 0.15) is 0 Å². The SMILES string of the molecule is CN(C)c1ccc(C=NNC(=O)c2nnn(-c3nonc3N)c2CN(C)c2ccccc2)cc1. The summed E-state index contributed by atoms with van der Waals surface area (Å²) >= 11 is 0. The van der Waals surface area contributed by atoms with Gasteiger partial charge in [0.25, 0.3) is 5.91 Å². The average molecular weight is 461 g/mol. The Morgan fingerprint density at radius 3 is 2.47 bits per heavy atom. The van der Waals surface area contributed by atoms with E-state index in [1.54, 1.807) is 6.21 Å². The molecule has 4 aromatic rings. The second kappa shape index (κ2) is 9.81. The summed E-state index contributed by atoms with van der Waals surface area (Å²) in [7, 11) is 5.81. The Morgan fingerprint density at radius 2 is 1.82 bits per heavy atom. The number of carbonyl (C=O) groups is 1. The van der Waals surface area contributed by atoms with Crippen molar-refractivity contribution < 1.29 is 9.42 Å². The highest BCUT2D eigenvalue weighted by atomic mass is 16.6. The highest BCUT2D eigenvalue weighted by Crippen LogP contribution is 2.20. The molecule has 0 bridgehead atoms. The van der Waals surface area contributed by atoms with Gasteiger partial charge >= 0.3 is 0 Å². The molecule has 0 atom stereocenters. The summed E-state index contributed by atoms with van der Waals surface area (Å²) in [5.41, 5.74) is 11.7. The molecule has 0 spiro atoms. The average Bonchev–Trinajstić information content (AvgIpc) is 3.45. The predicted molar refractivity (Wildman–Crippen MR) is 128 cm³/mol. The van der Waals surface area contributed by atoms with E-state index in [0.29, 0.717) is 5.69 Å². The molecule has 0 radical (unpaired) electrons. The summed E-state index contributed by atoms with van der Waals surface area (Å²) in [5, 5.41) is 19.5. The van der Waals surface area contributed by atoms with Gasteiger partial charge in [0.05, 0.1) is 18.5 Å².